The topological polar surface area (TPSA) is 81.4 Å². The smallest absolute Gasteiger partial charge is 0.265 e. The standard InChI is InChI=1S/C13H12Cl2N2O3S/c1-20-12-5-3-9(16)7-13(12)21(18,19)17-11-6-8(14)2-4-10(11)15/h2-7,17H,16H2,1H3. The second-order valence-corrected chi connectivity index (χ2v) is 6.63. The van der Waals surface area contributed by atoms with Crippen molar-refractivity contribution in [3.63, 3.8) is 0 Å². The van der Waals surface area contributed by atoms with E-state index in [0.717, 1.165) is 0 Å². The van der Waals surface area contributed by atoms with Crippen LogP contribution >= 0.6 is 23.2 Å². The monoisotopic (exact) mass is 346 g/mol. The number of nitrogens with one attached hydrogen (secondary N) is 1. The highest BCUT2D eigenvalue weighted by Crippen LogP contribution is 2.31. The van der Waals surface area contributed by atoms with E-state index in [9.17, 15) is 8.42 Å². The Morgan fingerprint density at radius 2 is 1.86 bits per heavy atom. The average molecular weight is 347 g/mol. The molecule has 0 fully saturated rings. The quantitative estimate of drug-likeness (QED) is 0.831. The molecule has 8 heteroatoms. The van der Waals surface area contributed by atoms with E-state index in [1.54, 1.807) is 12.1 Å². The predicted octanol–water partition coefficient (Wildman–Crippen LogP) is 3.39. The third kappa shape index (κ3) is 3.53. The van der Waals surface area contributed by atoms with Gasteiger partial charge in [-0.2, -0.15) is 0 Å². The maximum atomic E-state index is 12.4. The maximum Gasteiger partial charge on any atom is 0.265 e. The Labute approximate surface area is 132 Å². The first kappa shape index (κ1) is 15.8. The lowest BCUT2D eigenvalue weighted by molar-refractivity contribution is 0.403. The lowest BCUT2D eigenvalue weighted by atomic mass is 10.3. The molecule has 0 aliphatic heterocycles. The van der Waals surface area contributed by atoms with Crippen LogP contribution in [0.4, 0.5) is 11.4 Å². The highest BCUT2D eigenvalue weighted by Gasteiger charge is 2.21. The SMILES string of the molecule is COc1ccc(N)cc1S(=O)(=O)Nc1cc(Cl)ccc1Cl. The Kier molecular flexibility index (Phi) is 4.51. The van der Waals surface area contributed by atoms with Crippen molar-refractivity contribution in [2.45, 2.75) is 4.90 Å². The van der Waals surface area contributed by atoms with Crippen LogP contribution in [0.15, 0.2) is 41.3 Å². The largest absolute Gasteiger partial charge is 0.495 e. The van der Waals surface area contributed by atoms with Gasteiger partial charge in [0.05, 0.1) is 17.8 Å². The van der Waals surface area contributed by atoms with Crippen molar-refractivity contribution in [1.82, 2.24) is 0 Å². The molecule has 3 N–H and O–H groups in total. The first-order valence-electron chi connectivity index (χ1n) is 5.75. The summed E-state index contributed by atoms with van der Waals surface area (Å²) in [5, 5.41) is 0.586. The van der Waals surface area contributed by atoms with Crippen LogP contribution in [-0.2, 0) is 10.0 Å². The Balaban J connectivity index is 2.48. The van der Waals surface area contributed by atoms with Crippen LogP contribution in [0, 0.1) is 0 Å². The Morgan fingerprint density at radius 3 is 2.52 bits per heavy atom. The molecule has 0 aliphatic rings. The molecule has 2 aromatic rings. The molecule has 0 unspecified atom stereocenters. The number of nitrogen functional groups attached to an aromatic ring is 1. The van der Waals surface area contributed by atoms with Gasteiger partial charge >= 0.3 is 0 Å². The number of hydrogen-bond donors (Lipinski definition) is 2. The number of nitrogens with two attached hydrogens (primary N) is 1. The van der Waals surface area contributed by atoms with Crippen molar-refractivity contribution in [2.75, 3.05) is 17.6 Å². The van der Waals surface area contributed by atoms with Gasteiger partial charge in [0.2, 0.25) is 0 Å². The number of anilines is 2. The number of rotatable bonds is 4. The summed E-state index contributed by atoms with van der Waals surface area (Å²) in [5.41, 5.74) is 6.11. The van der Waals surface area contributed by atoms with Crippen molar-refractivity contribution in [2.24, 2.45) is 0 Å². The molecule has 0 amide bonds. The van der Waals surface area contributed by atoms with E-state index in [4.69, 9.17) is 33.7 Å². The number of methoxy groups -OCH3 is 1. The molecule has 0 saturated carbocycles. The second-order valence-electron chi connectivity index (χ2n) is 4.14. The summed E-state index contributed by atoms with van der Waals surface area (Å²) in [5.74, 6) is 0.176. The molecule has 5 nitrogen and oxygen atoms in total. The molecule has 2 aromatic carbocycles. The summed E-state index contributed by atoms with van der Waals surface area (Å²) >= 11 is 11.8. The fraction of sp³-hybridized carbons (Fsp3) is 0.0769. The van der Waals surface area contributed by atoms with Gasteiger partial charge in [0.25, 0.3) is 10.0 Å². The number of sulfonamides is 1. The fourth-order valence-electron chi connectivity index (χ4n) is 1.68. The van der Waals surface area contributed by atoms with E-state index in [1.807, 2.05) is 0 Å². The van der Waals surface area contributed by atoms with Crippen LogP contribution in [-0.4, -0.2) is 15.5 Å². The molecule has 0 saturated heterocycles. The highest BCUT2D eigenvalue weighted by molar-refractivity contribution is 7.92. The van der Waals surface area contributed by atoms with Crippen molar-refractivity contribution in [3.8, 4) is 5.75 Å². The van der Waals surface area contributed by atoms with E-state index in [2.05, 4.69) is 4.72 Å². The lowest BCUT2D eigenvalue weighted by Gasteiger charge is -2.13. The molecular formula is C13H12Cl2N2O3S. The zero-order valence-corrected chi connectivity index (χ0v) is 13.3. The summed E-state index contributed by atoms with van der Waals surface area (Å²) in [6, 6.07) is 8.80. The number of ether oxygens (including phenoxy) is 1. The van der Waals surface area contributed by atoms with E-state index in [1.165, 1.54) is 31.4 Å². The lowest BCUT2D eigenvalue weighted by Crippen LogP contribution is -2.14. The Bertz CT molecular complexity index is 779. The number of halogens is 2. The molecule has 0 spiro atoms. The van der Waals surface area contributed by atoms with Crippen molar-refractivity contribution >= 4 is 44.6 Å². The number of hydrogen-bond acceptors (Lipinski definition) is 4. The van der Waals surface area contributed by atoms with Crippen LogP contribution < -0.4 is 15.2 Å². The minimum Gasteiger partial charge on any atom is -0.495 e. The van der Waals surface area contributed by atoms with Crippen LogP contribution in [0.1, 0.15) is 0 Å². The molecule has 0 aromatic heterocycles. The molecule has 0 heterocycles. The van der Waals surface area contributed by atoms with Crippen LogP contribution in [0.5, 0.6) is 5.75 Å². The van der Waals surface area contributed by atoms with Gasteiger partial charge in [0, 0.05) is 10.7 Å². The first-order valence-corrected chi connectivity index (χ1v) is 7.99. The maximum absolute atomic E-state index is 12.4. The van der Waals surface area contributed by atoms with Crippen LogP contribution in [0.25, 0.3) is 0 Å². The molecule has 2 rings (SSSR count). The van der Waals surface area contributed by atoms with Gasteiger partial charge in [0.1, 0.15) is 10.6 Å². The van der Waals surface area contributed by atoms with E-state index in [0.29, 0.717) is 10.7 Å². The summed E-state index contributed by atoms with van der Waals surface area (Å²) in [4.78, 5) is -0.0824. The zero-order chi connectivity index (χ0) is 15.6. The third-order valence-corrected chi connectivity index (χ3v) is 4.60. The molecule has 21 heavy (non-hydrogen) atoms. The van der Waals surface area contributed by atoms with E-state index < -0.39 is 10.0 Å². The van der Waals surface area contributed by atoms with Crippen molar-refractivity contribution < 1.29 is 13.2 Å². The van der Waals surface area contributed by atoms with Crippen LogP contribution in [0.2, 0.25) is 10.0 Å². The molecule has 0 aliphatic carbocycles. The normalized spacial score (nSPS) is 11.2. The molecular weight excluding hydrogens is 335 g/mol. The third-order valence-electron chi connectivity index (χ3n) is 2.65. The minimum atomic E-state index is -3.92. The highest BCUT2D eigenvalue weighted by atomic mass is 35.5. The van der Waals surface area contributed by atoms with E-state index >= 15 is 0 Å². The molecule has 112 valence electrons. The Hall–Kier alpha value is -1.63. The summed E-state index contributed by atoms with van der Waals surface area (Å²) < 4.78 is 32.3. The number of benzene rings is 2. The summed E-state index contributed by atoms with van der Waals surface area (Å²) in [6.07, 6.45) is 0. The fourth-order valence-corrected chi connectivity index (χ4v) is 3.35. The summed E-state index contributed by atoms with van der Waals surface area (Å²) in [7, 11) is -2.54. The average Bonchev–Trinajstić information content (AvgIpc) is 2.42. The Morgan fingerprint density at radius 1 is 1.14 bits per heavy atom. The van der Waals surface area contributed by atoms with Crippen molar-refractivity contribution in [1.29, 1.82) is 0 Å². The molecule has 0 bridgehead atoms. The predicted molar refractivity (Wildman–Crippen MR) is 84.7 cm³/mol. The molecule has 0 radical (unpaired) electrons. The van der Waals surface area contributed by atoms with Gasteiger partial charge in [-0.25, -0.2) is 8.42 Å². The molecule has 0 atom stereocenters. The second kappa shape index (κ2) is 6.01. The van der Waals surface area contributed by atoms with Gasteiger partial charge in [-0.15, -0.1) is 0 Å². The first-order chi connectivity index (χ1) is 9.83. The van der Waals surface area contributed by atoms with E-state index in [-0.39, 0.29) is 21.4 Å². The van der Waals surface area contributed by atoms with Gasteiger partial charge in [-0.05, 0) is 36.4 Å². The van der Waals surface area contributed by atoms with Gasteiger partial charge in [-0.3, -0.25) is 4.72 Å². The minimum absolute atomic E-state index is 0.0824. The van der Waals surface area contributed by atoms with Gasteiger partial charge < -0.3 is 10.5 Å². The van der Waals surface area contributed by atoms with Gasteiger partial charge in [0.15, 0.2) is 0 Å². The zero-order valence-electron chi connectivity index (χ0n) is 10.9. The van der Waals surface area contributed by atoms with Gasteiger partial charge in [-0.1, -0.05) is 23.2 Å². The summed E-state index contributed by atoms with van der Waals surface area (Å²) in [6.45, 7) is 0. The van der Waals surface area contributed by atoms with Crippen LogP contribution in [0.3, 0.4) is 0 Å². The van der Waals surface area contributed by atoms with Crippen molar-refractivity contribution in [3.05, 3.63) is 46.4 Å².